The molecule has 3 nitrogen and oxygen atoms in total. The van der Waals surface area contributed by atoms with Crippen molar-refractivity contribution in [3.8, 4) is 0 Å². The quantitative estimate of drug-likeness (QED) is 0.849. The molecule has 22 heavy (non-hydrogen) atoms. The molecular formula is C19H22N2O. The van der Waals surface area contributed by atoms with Crippen molar-refractivity contribution in [2.75, 3.05) is 13.1 Å². The summed E-state index contributed by atoms with van der Waals surface area (Å²) in [5, 5.41) is 0. The van der Waals surface area contributed by atoms with Crippen LogP contribution in [0.2, 0.25) is 0 Å². The molecule has 0 spiro atoms. The lowest BCUT2D eigenvalue weighted by molar-refractivity contribution is -0.130. The number of benzene rings is 1. The average molecular weight is 294 g/mol. The normalized spacial score (nSPS) is 17.6. The van der Waals surface area contributed by atoms with Crippen molar-refractivity contribution in [2.45, 2.75) is 25.7 Å². The summed E-state index contributed by atoms with van der Waals surface area (Å²) >= 11 is 0. The molecule has 1 amide bonds. The van der Waals surface area contributed by atoms with Crippen LogP contribution >= 0.6 is 0 Å². The number of aryl methyl sites for hydroxylation is 1. The highest BCUT2D eigenvalue weighted by molar-refractivity contribution is 5.76. The molecule has 1 aliphatic rings. The molecule has 0 radical (unpaired) electrons. The Kier molecular flexibility index (Phi) is 4.84. The van der Waals surface area contributed by atoms with E-state index in [4.69, 9.17) is 0 Å². The summed E-state index contributed by atoms with van der Waals surface area (Å²) in [6, 6.07) is 16.4. The molecule has 0 saturated carbocycles. The number of likely N-dealkylation sites (tertiary alicyclic amines) is 1. The van der Waals surface area contributed by atoms with Gasteiger partial charge < -0.3 is 4.90 Å². The molecule has 3 heteroatoms. The lowest BCUT2D eigenvalue weighted by Crippen LogP contribution is -2.29. The van der Waals surface area contributed by atoms with Gasteiger partial charge in [-0.25, -0.2) is 0 Å². The number of carbonyl (C=O) groups is 1. The number of nitrogens with zero attached hydrogens (tertiary/aromatic N) is 2. The second-order valence-electron chi connectivity index (χ2n) is 6.01. The van der Waals surface area contributed by atoms with Gasteiger partial charge in [0.2, 0.25) is 5.91 Å². The van der Waals surface area contributed by atoms with Gasteiger partial charge in [-0.15, -0.1) is 0 Å². The zero-order chi connectivity index (χ0) is 15.2. The first kappa shape index (κ1) is 14.8. The summed E-state index contributed by atoms with van der Waals surface area (Å²) in [6.45, 7) is 1.80. The van der Waals surface area contributed by atoms with E-state index in [2.05, 4.69) is 29.2 Å². The monoisotopic (exact) mass is 294 g/mol. The number of hydrogen-bond donors (Lipinski definition) is 0. The van der Waals surface area contributed by atoms with Crippen LogP contribution in [0.15, 0.2) is 54.7 Å². The molecule has 3 rings (SSSR count). The summed E-state index contributed by atoms with van der Waals surface area (Å²) in [4.78, 5) is 18.6. The summed E-state index contributed by atoms with van der Waals surface area (Å²) < 4.78 is 0. The SMILES string of the molecule is O=C(CCc1ccccn1)N1CC[C@H](Cc2ccccc2)C1. The van der Waals surface area contributed by atoms with Crippen molar-refractivity contribution in [1.29, 1.82) is 0 Å². The van der Waals surface area contributed by atoms with Gasteiger partial charge in [-0.3, -0.25) is 9.78 Å². The Hall–Kier alpha value is -2.16. The topological polar surface area (TPSA) is 33.2 Å². The zero-order valence-corrected chi connectivity index (χ0v) is 12.8. The van der Waals surface area contributed by atoms with Crippen molar-refractivity contribution in [3.05, 3.63) is 66.0 Å². The van der Waals surface area contributed by atoms with E-state index in [1.165, 1.54) is 5.56 Å². The highest BCUT2D eigenvalue weighted by Gasteiger charge is 2.25. The largest absolute Gasteiger partial charge is 0.342 e. The van der Waals surface area contributed by atoms with Crippen LogP contribution in [0.5, 0.6) is 0 Å². The predicted octanol–water partition coefficient (Wildman–Crippen LogP) is 3.11. The summed E-state index contributed by atoms with van der Waals surface area (Å²) in [6.07, 6.45) is 5.27. The van der Waals surface area contributed by atoms with Gasteiger partial charge in [0.1, 0.15) is 0 Å². The standard InChI is InChI=1S/C19H22N2O/c22-19(10-9-18-8-4-5-12-20-18)21-13-11-17(15-21)14-16-6-2-1-3-7-16/h1-8,12,17H,9-11,13-15H2/t17-/m1/s1. The fourth-order valence-corrected chi connectivity index (χ4v) is 3.11. The van der Waals surface area contributed by atoms with Gasteiger partial charge in [0.25, 0.3) is 0 Å². The average Bonchev–Trinajstić information content (AvgIpc) is 3.03. The third kappa shape index (κ3) is 3.94. The molecule has 1 atom stereocenters. The van der Waals surface area contributed by atoms with E-state index in [-0.39, 0.29) is 5.91 Å². The van der Waals surface area contributed by atoms with Gasteiger partial charge in [-0.2, -0.15) is 0 Å². The first-order valence-electron chi connectivity index (χ1n) is 8.03. The van der Waals surface area contributed by atoms with Crippen LogP contribution in [0.4, 0.5) is 0 Å². The molecule has 2 aromatic rings. The van der Waals surface area contributed by atoms with E-state index >= 15 is 0 Å². The fourth-order valence-electron chi connectivity index (χ4n) is 3.11. The zero-order valence-electron chi connectivity index (χ0n) is 12.8. The maximum absolute atomic E-state index is 12.3. The summed E-state index contributed by atoms with van der Waals surface area (Å²) in [5.74, 6) is 0.863. The number of rotatable bonds is 5. The van der Waals surface area contributed by atoms with Crippen LogP contribution in [-0.4, -0.2) is 28.9 Å². The van der Waals surface area contributed by atoms with Crippen LogP contribution in [0.3, 0.4) is 0 Å². The Balaban J connectivity index is 1.46. The minimum Gasteiger partial charge on any atom is -0.342 e. The Labute approximate surface area is 132 Å². The number of hydrogen-bond acceptors (Lipinski definition) is 2. The molecule has 1 saturated heterocycles. The molecule has 1 aromatic carbocycles. The molecule has 2 heterocycles. The molecule has 0 N–H and O–H groups in total. The second-order valence-corrected chi connectivity index (χ2v) is 6.01. The van der Waals surface area contributed by atoms with Crippen LogP contribution < -0.4 is 0 Å². The van der Waals surface area contributed by atoms with Gasteiger partial charge in [-0.05, 0) is 42.9 Å². The molecule has 0 unspecified atom stereocenters. The van der Waals surface area contributed by atoms with Crippen molar-refractivity contribution in [3.63, 3.8) is 0 Å². The lowest BCUT2D eigenvalue weighted by Gasteiger charge is -2.16. The van der Waals surface area contributed by atoms with E-state index in [9.17, 15) is 4.79 Å². The van der Waals surface area contributed by atoms with Crippen LogP contribution in [-0.2, 0) is 17.6 Å². The van der Waals surface area contributed by atoms with Crippen molar-refractivity contribution in [1.82, 2.24) is 9.88 Å². The smallest absolute Gasteiger partial charge is 0.222 e. The molecule has 0 aliphatic carbocycles. The highest BCUT2D eigenvalue weighted by Crippen LogP contribution is 2.21. The van der Waals surface area contributed by atoms with Gasteiger partial charge in [0.15, 0.2) is 0 Å². The Morgan fingerprint density at radius 3 is 2.73 bits per heavy atom. The minimum absolute atomic E-state index is 0.265. The van der Waals surface area contributed by atoms with Gasteiger partial charge in [-0.1, -0.05) is 36.4 Å². The highest BCUT2D eigenvalue weighted by atomic mass is 16.2. The summed E-state index contributed by atoms with van der Waals surface area (Å²) in [5.41, 5.74) is 2.37. The van der Waals surface area contributed by atoms with E-state index in [1.807, 2.05) is 29.2 Å². The van der Waals surface area contributed by atoms with Crippen LogP contribution in [0.25, 0.3) is 0 Å². The third-order valence-corrected chi connectivity index (χ3v) is 4.33. The molecule has 1 aliphatic heterocycles. The first-order valence-corrected chi connectivity index (χ1v) is 8.03. The molecule has 0 bridgehead atoms. The molecule has 114 valence electrons. The maximum Gasteiger partial charge on any atom is 0.222 e. The minimum atomic E-state index is 0.265. The molecule has 1 fully saturated rings. The first-order chi connectivity index (χ1) is 10.8. The Morgan fingerprint density at radius 2 is 1.95 bits per heavy atom. The predicted molar refractivity (Wildman–Crippen MR) is 87.4 cm³/mol. The van der Waals surface area contributed by atoms with Crippen molar-refractivity contribution < 1.29 is 4.79 Å². The number of amides is 1. The number of aromatic nitrogens is 1. The van der Waals surface area contributed by atoms with E-state index < -0.39 is 0 Å². The molecule has 1 aromatic heterocycles. The fraction of sp³-hybridized carbons (Fsp3) is 0.368. The van der Waals surface area contributed by atoms with Crippen molar-refractivity contribution >= 4 is 5.91 Å². The van der Waals surface area contributed by atoms with Gasteiger partial charge in [0.05, 0.1) is 0 Å². The second kappa shape index (κ2) is 7.21. The van der Waals surface area contributed by atoms with E-state index in [1.54, 1.807) is 6.20 Å². The Morgan fingerprint density at radius 1 is 1.14 bits per heavy atom. The third-order valence-electron chi connectivity index (χ3n) is 4.33. The lowest BCUT2D eigenvalue weighted by atomic mass is 9.99. The van der Waals surface area contributed by atoms with Gasteiger partial charge in [0, 0.05) is 31.4 Å². The van der Waals surface area contributed by atoms with Crippen molar-refractivity contribution in [2.24, 2.45) is 5.92 Å². The number of pyridine rings is 1. The van der Waals surface area contributed by atoms with Crippen LogP contribution in [0, 0.1) is 5.92 Å². The maximum atomic E-state index is 12.3. The number of carbonyl (C=O) groups excluding carboxylic acids is 1. The molecular weight excluding hydrogens is 272 g/mol. The van der Waals surface area contributed by atoms with Crippen LogP contribution in [0.1, 0.15) is 24.1 Å². The summed E-state index contributed by atoms with van der Waals surface area (Å²) in [7, 11) is 0. The van der Waals surface area contributed by atoms with E-state index in [0.29, 0.717) is 12.3 Å². The van der Waals surface area contributed by atoms with E-state index in [0.717, 1.165) is 38.0 Å². The Bertz CT molecular complexity index is 597. The van der Waals surface area contributed by atoms with Gasteiger partial charge >= 0.3 is 0 Å².